The first kappa shape index (κ1) is 12.2. The number of carbonyl (C=O) groups excluding carboxylic acids is 2. The lowest BCUT2D eigenvalue weighted by Crippen LogP contribution is -2.22. The van der Waals surface area contributed by atoms with E-state index in [1.807, 2.05) is 0 Å². The summed E-state index contributed by atoms with van der Waals surface area (Å²) >= 11 is 0. The summed E-state index contributed by atoms with van der Waals surface area (Å²) in [7, 11) is 0. The van der Waals surface area contributed by atoms with Crippen LogP contribution in [0.2, 0.25) is 0 Å². The van der Waals surface area contributed by atoms with E-state index >= 15 is 0 Å². The number of cyclic esters (lactones) is 1. The first-order chi connectivity index (χ1) is 8.37. The molecule has 0 saturated carbocycles. The van der Waals surface area contributed by atoms with E-state index in [4.69, 9.17) is 9.47 Å². The van der Waals surface area contributed by atoms with Crippen molar-refractivity contribution < 1.29 is 19.1 Å². The number of hydrogen-bond acceptors (Lipinski definition) is 6. The van der Waals surface area contributed by atoms with Gasteiger partial charge in [0, 0.05) is 6.20 Å². The molecule has 94 valence electrons. The van der Waals surface area contributed by atoms with Crippen LogP contribution in [-0.4, -0.2) is 27.5 Å². The average Bonchev–Trinajstić information content (AvgIpc) is 2.54. The van der Waals surface area contributed by atoms with Crippen molar-refractivity contribution in [2.24, 2.45) is 0 Å². The van der Waals surface area contributed by atoms with Gasteiger partial charge in [0.2, 0.25) is 0 Å². The molecular formula is C12H12N2O4. The fourth-order valence-corrected chi connectivity index (χ4v) is 1.42. The summed E-state index contributed by atoms with van der Waals surface area (Å²) in [6.07, 6.45) is 3.79. The number of rotatable bonds is 1. The summed E-state index contributed by atoms with van der Waals surface area (Å²) in [4.78, 5) is 30.6. The second-order valence-corrected chi connectivity index (χ2v) is 4.72. The predicted molar refractivity (Wildman–Crippen MR) is 61.3 cm³/mol. The molecule has 0 radical (unpaired) electrons. The number of fused-ring (bicyclic) bond motifs is 1. The Kier molecular flexibility index (Phi) is 2.86. The van der Waals surface area contributed by atoms with E-state index < -0.39 is 17.5 Å². The molecule has 0 amide bonds. The van der Waals surface area contributed by atoms with Gasteiger partial charge in [-0.2, -0.15) is 0 Å². The summed E-state index contributed by atoms with van der Waals surface area (Å²) in [5.74, 6) is -1.06. The molecule has 0 bridgehead atoms. The van der Waals surface area contributed by atoms with E-state index in [9.17, 15) is 9.59 Å². The molecule has 0 spiro atoms. The summed E-state index contributed by atoms with van der Waals surface area (Å²) in [5.41, 5.74) is -0.0552. The Morgan fingerprint density at radius 3 is 2.83 bits per heavy atom. The Morgan fingerprint density at radius 1 is 1.44 bits per heavy atom. The first-order valence-electron chi connectivity index (χ1n) is 5.34. The topological polar surface area (TPSA) is 78.4 Å². The molecule has 2 rings (SSSR count). The summed E-state index contributed by atoms with van der Waals surface area (Å²) in [6, 6.07) is 0. The van der Waals surface area contributed by atoms with Gasteiger partial charge in [-0.25, -0.2) is 19.6 Å². The third kappa shape index (κ3) is 2.53. The minimum Gasteiger partial charge on any atom is -0.457 e. The third-order valence-corrected chi connectivity index (χ3v) is 2.03. The third-order valence-electron chi connectivity index (χ3n) is 2.03. The normalized spacial score (nSPS) is 16.4. The number of ether oxygens (including phenoxy) is 2. The van der Waals surface area contributed by atoms with Crippen molar-refractivity contribution in [2.45, 2.75) is 26.4 Å². The maximum Gasteiger partial charge on any atom is 0.363 e. The second-order valence-electron chi connectivity index (χ2n) is 4.72. The van der Waals surface area contributed by atoms with Crippen molar-refractivity contribution >= 4 is 17.7 Å². The Balaban J connectivity index is 2.27. The Morgan fingerprint density at radius 2 is 2.17 bits per heavy atom. The quantitative estimate of drug-likeness (QED) is 0.551. The molecule has 6 nitrogen and oxygen atoms in total. The molecule has 0 unspecified atom stereocenters. The van der Waals surface area contributed by atoms with E-state index in [1.165, 1.54) is 12.5 Å². The minimum absolute atomic E-state index is 0.116. The predicted octanol–water partition coefficient (Wildman–Crippen LogP) is 1.33. The standard InChI is InChI=1S/C12H12N2O4/c1-12(2,3)18-9(15)4-8-7-5-13-6-14-10(7)11(16)17-8/h4-6H,1-3H3. The number of esters is 2. The Labute approximate surface area is 104 Å². The zero-order valence-electron chi connectivity index (χ0n) is 10.3. The maximum absolute atomic E-state index is 11.6. The molecule has 1 aromatic rings. The van der Waals surface area contributed by atoms with Crippen LogP contribution >= 0.6 is 0 Å². The molecule has 1 aliphatic rings. The summed E-state index contributed by atoms with van der Waals surface area (Å²) in [6.45, 7) is 5.25. The van der Waals surface area contributed by atoms with Gasteiger partial charge in [-0.1, -0.05) is 0 Å². The molecule has 0 N–H and O–H groups in total. The molecule has 18 heavy (non-hydrogen) atoms. The van der Waals surface area contributed by atoms with Gasteiger partial charge in [0.15, 0.2) is 5.69 Å². The number of carbonyl (C=O) groups is 2. The molecule has 0 fully saturated rings. The van der Waals surface area contributed by atoms with E-state index in [-0.39, 0.29) is 11.5 Å². The van der Waals surface area contributed by atoms with Crippen molar-refractivity contribution in [2.75, 3.05) is 0 Å². The van der Waals surface area contributed by atoms with Gasteiger partial charge in [-0.3, -0.25) is 0 Å². The van der Waals surface area contributed by atoms with Gasteiger partial charge in [0.05, 0.1) is 11.6 Å². The highest BCUT2D eigenvalue weighted by Crippen LogP contribution is 2.27. The lowest BCUT2D eigenvalue weighted by Gasteiger charge is -2.18. The highest BCUT2D eigenvalue weighted by Gasteiger charge is 2.29. The fraction of sp³-hybridized carbons (Fsp3) is 0.333. The highest BCUT2D eigenvalue weighted by molar-refractivity contribution is 6.04. The molecule has 1 aliphatic heterocycles. The van der Waals surface area contributed by atoms with Gasteiger partial charge >= 0.3 is 11.9 Å². The molecule has 0 atom stereocenters. The van der Waals surface area contributed by atoms with Gasteiger partial charge in [-0.15, -0.1) is 0 Å². The number of hydrogen-bond donors (Lipinski definition) is 0. The van der Waals surface area contributed by atoms with Gasteiger partial charge in [0.1, 0.15) is 17.7 Å². The molecule has 0 saturated heterocycles. The van der Waals surface area contributed by atoms with Gasteiger partial charge in [0.25, 0.3) is 0 Å². The summed E-state index contributed by atoms with van der Waals surface area (Å²) in [5, 5.41) is 0. The fourth-order valence-electron chi connectivity index (χ4n) is 1.42. The Hall–Kier alpha value is -2.24. The second kappa shape index (κ2) is 4.21. The monoisotopic (exact) mass is 248 g/mol. The van der Waals surface area contributed by atoms with Gasteiger partial charge in [-0.05, 0) is 20.8 Å². The highest BCUT2D eigenvalue weighted by atomic mass is 16.6. The maximum atomic E-state index is 11.6. The van der Waals surface area contributed by atoms with E-state index in [1.54, 1.807) is 20.8 Å². The van der Waals surface area contributed by atoms with Crippen LogP contribution in [0.15, 0.2) is 18.6 Å². The SMILES string of the molecule is CC(C)(C)OC(=O)C=C1OC(=O)c2ncncc21. The van der Waals surface area contributed by atoms with Crippen LogP contribution in [-0.2, 0) is 14.3 Å². The zero-order valence-corrected chi connectivity index (χ0v) is 10.3. The van der Waals surface area contributed by atoms with Crippen molar-refractivity contribution in [3.05, 3.63) is 29.9 Å². The summed E-state index contributed by atoms with van der Waals surface area (Å²) < 4.78 is 10.0. The van der Waals surface area contributed by atoms with Crippen LogP contribution in [0.3, 0.4) is 0 Å². The van der Waals surface area contributed by atoms with Crippen LogP contribution < -0.4 is 0 Å². The molecule has 0 aromatic carbocycles. The van der Waals surface area contributed by atoms with Crippen LogP contribution in [0.4, 0.5) is 0 Å². The lowest BCUT2D eigenvalue weighted by atomic mass is 10.2. The average molecular weight is 248 g/mol. The van der Waals surface area contributed by atoms with Gasteiger partial charge < -0.3 is 9.47 Å². The first-order valence-corrected chi connectivity index (χ1v) is 5.34. The van der Waals surface area contributed by atoms with Crippen molar-refractivity contribution in [1.29, 1.82) is 0 Å². The van der Waals surface area contributed by atoms with Crippen LogP contribution in [0.5, 0.6) is 0 Å². The smallest absolute Gasteiger partial charge is 0.363 e. The molecule has 0 aliphatic carbocycles. The molecule has 6 heteroatoms. The molecular weight excluding hydrogens is 236 g/mol. The van der Waals surface area contributed by atoms with Crippen molar-refractivity contribution in [3.8, 4) is 0 Å². The minimum atomic E-state index is -0.604. The van der Waals surface area contributed by atoms with Crippen LogP contribution in [0.25, 0.3) is 5.76 Å². The number of aromatic nitrogens is 2. The van der Waals surface area contributed by atoms with Crippen molar-refractivity contribution in [3.63, 3.8) is 0 Å². The van der Waals surface area contributed by atoms with Crippen molar-refractivity contribution in [1.82, 2.24) is 9.97 Å². The van der Waals surface area contributed by atoms with E-state index in [2.05, 4.69) is 9.97 Å². The van der Waals surface area contributed by atoms with E-state index in [0.29, 0.717) is 5.56 Å². The van der Waals surface area contributed by atoms with Crippen LogP contribution in [0.1, 0.15) is 36.8 Å². The lowest BCUT2D eigenvalue weighted by molar-refractivity contribution is -0.148. The largest absolute Gasteiger partial charge is 0.457 e. The zero-order chi connectivity index (χ0) is 13.3. The Bertz CT molecular complexity index is 543. The molecule has 1 aromatic heterocycles. The van der Waals surface area contributed by atoms with Crippen LogP contribution in [0, 0.1) is 0 Å². The van der Waals surface area contributed by atoms with E-state index in [0.717, 1.165) is 6.08 Å². The number of nitrogens with zero attached hydrogens (tertiary/aromatic N) is 2. The molecule has 2 heterocycles.